The van der Waals surface area contributed by atoms with Gasteiger partial charge in [0.15, 0.2) is 0 Å². The van der Waals surface area contributed by atoms with Crippen LogP contribution in [-0.2, 0) is 15.7 Å². The summed E-state index contributed by atoms with van der Waals surface area (Å²) in [6.45, 7) is 12.0. The fourth-order valence-corrected chi connectivity index (χ4v) is 2.01. The third-order valence-corrected chi connectivity index (χ3v) is 3.86. The Kier molecular flexibility index (Phi) is 3.39. The normalized spacial score (nSPS) is 21.0. The molecule has 1 aliphatic heterocycles. The van der Waals surface area contributed by atoms with Crippen LogP contribution in [0.1, 0.15) is 33.3 Å². The molecular weight excluding hydrogens is 223 g/mol. The summed E-state index contributed by atoms with van der Waals surface area (Å²) in [6.07, 6.45) is 2.77. The molecule has 2 rings (SSSR count). The van der Waals surface area contributed by atoms with Gasteiger partial charge >= 0.3 is 7.12 Å². The smallest absolute Gasteiger partial charge is 0.399 e. The van der Waals surface area contributed by atoms with Gasteiger partial charge in [0, 0.05) is 0 Å². The van der Waals surface area contributed by atoms with Crippen molar-refractivity contribution in [3.8, 4) is 0 Å². The molecule has 1 aromatic carbocycles. The predicted molar refractivity (Wildman–Crippen MR) is 76.1 cm³/mol. The Labute approximate surface area is 110 Å². The van der Waals surface area contributed by atoms with Crippen LogP contribution < -0.4 is 5.46 Å². The van der Waals surface area contributed by atoms with Crippen LogP contribution in [-0.4, -0.2) is 18.3 Å². The van der Waals surface area contributed by atoms with E-state index in [-0.39, 0.29) is 18.3 Å². The van der Waals surface area contributed by atoms with Crippen molar-refractivity contribution in [1.82, 2.24) is 0 Å². The van der Waals surface area contributed by atoms with Gasteiger partial charge in [0.2, 0.25) is 0 Å². The molecule has 96 valence electrons. The Bertz CT molecular complexity index is 436. The van der Waals surface area contributed by atoms with E-state index in [9.17, 15) is 0 Å². The van der Waals surface area contributed by atoms with Crippen molar-refractivity contribution in [2.75, 3.05) is 0 Å². The summed E-state index contributed by atoms with van der Waals surface area (Å²) in [5.41, 5.74) is 1.74. The van der Waals surface area contributed by atoms with Crippen LogP contribution in [0.2, 0.25) is 0 Å². The minimum Gasteiger partial charge on any atom is -0.399 e. The van der Waals surface area contributed by atoms with Crippen LogP contribution in [0.3, 0.4) is 0 Å². The van der Waals surface area contributed by atoms with Gasteiger partial charge in [0.25, 0.3) is 0 Å². The molecule has 1 aromatic rings. The summed E-state index contributed by atoms with van der Waals surface area (Å²) in [6, 6.07) is 8.31. The van der Waals surface area contributed by atoms with Crippen molar-refractivity contribution in [3.63, 3.8) is 0 Å². The van der Waals surface area contributed by atoms with E-state index in [1.165, 1.54) is 5.56 Å². The minimum absolute atomic E-state index is 0.278. The van der Waals surface area contributed by atoms with E-state index in [4.69, 9.17) is 9.31 Å². The third kappa shape index (κ3) is 2.38. The summed E-state index contributed by atoms with van der Waals surface area (Å²) < 4.78 is 12.1. The third-order valence-electron chi connectivity index (χ3n) is 3.86. The second-order valence-electron chi connectivity index (χ2n) is 5.83. The van der Waals surface area contributed by atoms with Crippen molar-refractivity contribution >= 4 is 12.6 Å². The van der Waals surface area contributed by atoms with E-state index >= 15 is 0 Å². The highest BCUT2D eigenvalue weighted by molar-refractivity contribution is 6.62. The molecule has 1 saturated heterocycles. The van der Waals surface area contributed by atoms with Crippen LogP contribution in [0.15, 0.2) is 36.9 Å². The Balaban J connectivity index is 2.24. The summed E-state index contributed by atoms with van der Waals surface area (Å²) in [5, 5.41) is 0. The van der Waals surface area contributed by atoms with E-state index < -0.39 is 0 Å². The zero-order chi connectivity index (χ0) is 13.4. The van der Waals surface area contributed by atoms with Gasteiger partial charge in [-0.2, -0.15) is 0 Å². The lowest BCUT2D eigenvalue weighted by Crippen LogP contribution is -2.41. The van der Waals surface area contributed by atoms with Gasteiger partial charge in [-0.05, 0) is 45.1 Å². The summed E-state index contributed by atoms with van der Waals surface area (Å²) in [5.74, 6) is 0. The lowest BCUT2D eigenvalue weighted by molar-refractivity contribution is 0.00578. The van der Waals surface area contributed by atoms with Crippen molar-refractivity contribution in [2.24, 2.45) is 0 Å². The van der Waals surface area contributed by atoms with Crippen molar-refractivity contribution < 1.29 is 9.31 Å². The zero-order valence-electron chi connectivity index (χ0n) is 11.7. The van der Waals surface area contributed by atoms with E-state index in [1.807, 2.05) is 12.1 Å². The highest BCUT2D eigenvalue weighted by Gasteiger charge is 2.51. The van der Waals surface area contributed by atoms with Gasteiger partial charge in [-0.1, -0.05) is 30.3 Å². The summed E-state index contributed by atoms with van der Waals surface area (Å²) in [4.78, 5) is 0. The molecule has 0 spiro atoms. The van der Waals surface area contributed by atoms with Gasteiger partial charge in [0.1, 0.15) is 0 Å². The number of benzene rings is 1. The molecule has 3 heteroatoms. The highest BCUT2D eigenvalue weighted by Crippen LogP contribution is 2.36. The zero-order valence-corrected chi connectivity index (χ0v) is 11.7. The molecule has 0 bridgehead atoms. The Morgan fingerprint density at radius 2 is 1.78 bits per heavy atom. The standard InChI is InChI=1S/C15H21BO2/c1-6-8-12-9-7-10-13(11-12)16-17-14(2,3)15(4,5)18-16/h6-7,9-11H,1,8H2,2-5H3. The van der Waals surface area contributed by atoms with Gasteiger partial charge < -0.3 is 9.31 Å². The van der Waals surface area contributed by atoms with Crippen LogP contribution in [0.5, 0.6) is 0 Å². The van der Waals surface area contributed by atoms with Crippen LogP contribution >= 0.6 is 0 Å². The number of hydrogen-bond donors (Lipinski definition) is 0. The van der Waals surface area contributed by atoms with Crippen LogP contribution in [0, 0.1) is 0 Å². The first-order valence-electron chi connectivity index (χ1n) is 6.41. The number of allylic oxidation sites excluding steroid dienone is 1. The maximum atomic E-state index is 6.04. The van der Waals surface area contributed by atoms with Crippen molar-refractivity contribution in [3.05, 3.63) is 42.5 Å². The second-order valence-corrected chi connectivity index (χ2v) is 5.83. The first kappa shape index (κ1) is 13.4. The topological polar surface area (TPSA) is 18.5 Å². The van der Waals surface area contributed by atoms with Gasteiger partial charge in [-0.15, -0.1) is 6.58 Å². The second kappa shape index (κ2) is 4.56. The summed E-state index contributed by atoms with van der Waals surface area (Å²) in [7, 11) is -0.278. The molecule has 0 aliphatic carbocycles. The largest absolute Gasteiger partial charge is 0.494 e. The lowest BCUT2D eigenvalue weighted by atomic mass is 9.78. The van der Waals surface area contributed by atoms with Gasteiger partial charge in [-0.25, -0.2) is 0 Å². The van der Waals surface area contributed by atoms with E-state index in [0.717, 1.165) is 11.9 Å². The maximum Gasteiger partial charge on any atom is 0.494 e. The molecule has 0 saturated carbocycles. The Morgan fingerprint density at radius 1 is 1.17 bits per heavy atom. The summed E-state index contributed by atoms with van der Waals surface area (Å²) >= 11 is 0. The predicted octanol–water partition coefficient (Wildman–Crippen LogP) is 2.71. The molecule has 0 N–H and O–H groups in total. The molecule has 18 heavy (non-hydrogen) atoms. The molecule has 1 fully saturated rings. The quantitative estimate of drug-likeness (QED) is 0.601. The fourth-order valence-electron chi connectivity index (χ4n) is 2.01. The van der Waals surface area contributed by atoms with Gasteiger partial charge in [-0.3, -0.25) is 0 Å². The molecule has 1 heterocycles. The molecule has 0 atom stereocenters. The Morgan fingerprint density at radius 3 is 2.33 bits per heavy atom. The monoisotopic (exact) mass is 244 g/mol. The van der Waals surface area contributed by atoms with Crippen molar-refractivity contribution in [1.29, 1.82) is 0 Å². The number of hydrogen-bond acceptors (Lipinski definition) is 2. The molecule has 0 radical (unpaired) electrons. The SMILES string of the molecule is C=CCc1cccc(B2OC(C)(C)C(C)(C)O2)c1. The highest BCUT2D eigenvalue weighted by atomic mass is 16.7. The van der Waals surface area contributed by atoms with Crippen molar-refractivity contribution in [2.45, 2.75) is 45.3 Å². The maximum absolute atomic E-state index is 6.04. The first-order valence-corrected chi connectivity index (χ1v) is 6.41. The number of rotatable bonds is 3. The van der Waals surface area contributed by atoms with Crippen LogP contribution in [0.4, 0.5) is 0 Å². The van der Waals surface area contributed by atoms with E-state index in [2.05, 4.69) is 52.5 Å². The lowest BCUT2D eigenvalue weighted by Gasteiger charge is -2.32. The van der Waals surface area contributed by atoms with E-state index in [0.29, 0.717) is 0 Å². The molecule has 2 nitrogen and oxygen atoms in total. The van der Waals surface area contributed by atoms with E-state index in [1.54, 1.807) is 0 Å². The average molecular weight is 244 g/mol. The Hall–Kier alpha value is -1.06. The minimum atomic E-state index is -0.286. The first-order chi connectivity index (χ1) is 8.36. The molecule has 0 amide bonds. The average Bonchev–Trinajstić information content (AvgIpc) is 2.49. The fraction of sp³-hybridized carbons (Fsp3) is 0.467. The molecule has 1 aliphatic rings. The molecule has 0 aromatic heterocycles. The van der Waals surface area contributed by atoms with Gasteiger partial charge in [0.05, 0.1) is 11.2 Å². The van der Waals surface area contributed by atoms with Crippen LogP contribution in [0.25, 0.3) is 0 Å². The molecular formula is C15H21BO2. The molecule has 0 unspecified atom stereocenters.